The van der Waals surface area contributed by atoms with E-state index in [1.807, 2.05) is 13.8 Å². The maximum Gasteiger partial charge on any atom is 0.422 e. The van der Waals surface area contributed by atoms with Gasteiger partial charge in [0.1, 0.15) is 0 Å². The Morgan fingerprint density at radius 3 is 2.44 bits per heavy atom. The van der Waals surface area contributed by atoms with Gasteiger partial charge in [0.25, 0.3) is 0 Å². The normalized spacial score (nSPS) is 8.22. The quantitative estimate of drug-likeness (QED) is 0.538. The van der Waals surface area contributed by atoms with Gasteiger partial charge in [-0.05, 0) is 18.4 Å². The van der Waals surface area contributed by atoms with E-state index in [2.05, 4.69) is 4.74 Å². The summed E-state index contributed by atoms with van der Waals surface area (Å²) in [5, 5.41) is 0. The fraction of sp³-hybridized carbons (Fsp3) is 0.571. The van der Waals surface area contributed by atoms with Crippen molar-refractivity contribution < 1.29 is 9.53 Å². The molecule has 0 bridgehead atoms. The zero-order valence-corrected chi connectivity index (χ0v) is 5.81. The summed E-state index contributed by atoms with van der Waals surface area (Å²) in [5.74, 6) is 0. The number of allylic oxidation sites excluding steroid dienone is 1. The first-order valence-corrected chi connectivity index (χ1v) is 3.05. The average Bonchev–Trinajstić information content (AvgIpc) is 1.91. The van der Waals surface area contributed by atoms with Crippen LogP contribution in [0.25, 0.3) is 0 Å². The molecular formula is C7H11O2. The molecule has 0 spiro atoms. The van der Waals surface area contributed by atoms with Crippen molar-refractivity contribution in [2.24, 2.45) is 0 Å². The van der Waals surface area contributed by atoms with Crippen molar-refractivity contribution in [2.45, 2.75) is 26.7 Å². The first kappa shape index (κ1) is 8.21. The van der Waals surface area contributed by atoms with Gasteiger partial charge in [0.15, 0.2) is 0 Å². The lowest BCUT2D eigenvalue weighted by Crippen LogP contribution is -1.80. The van der Waals surface area contributed by atoms with Gasteiger partial charge >= 0.3 is 6.47 Å². The van der Waals surface area contributed by atoms with E-state index in [9.17, 15) is 4.79 Å². The van der Waals surface area contributed by atoms with Gasteiger partial charge in [0.2, 0.25) is 0 Å². The van der Waals surface area contributed by atoms with Crippen LogP contribution in [0.3, 0.4) is 0 Å². The van der Waals surface area contributed by atoms with Gasteiger partial charge in [-0.1, -0.05) is 13.8 Å². The number of carbonyl (C=O) groups excluding carboxylic acids is 1. The largest absolute Gasteiger partial charge is 0.426 e. The highest BCUT2D eigenvalue weighted by atomic mass is 16.5. The SMILES string of the molecule is CCC(=CO[C]=O)CC. The lowest BCUT2D eigenvalue weighted by atomic mass is 10.2. The van der Waals surface area contributed by atoms with Crippen LogP contribution in [0.1, 0.15) is 26.7 Å². The van der Waals surface area contributed by atoms with Gasteiger partial charge in [0.05, 0.1) is 6.26 Å². The van der Waals surface area contributed by atoms with Crippen LogP contribution in [-0.2, 0) is 9.53 Å². The zero-order chi connectivity index (χ0) is 7.11. The summed E-state index contributed by atoms with van der Waals surface area (Å²) in [6.45, 7) is 5.38. The van der Waals surface area contributed by atoms with Crippen LogP contribution < -0.4 is 0 Å². The Balaban J connectivity index is 3.60. The summed E-state index contributed by atoms with van der Waals surface area (Å²) < 4.78 is 4.31. The molecule has 9 heavy (non-hydrogen) atoms. The molecule has 1 radical (unpaired) electrons. The van der Waals surface area contributed by atoms with Crippen LogP contribution >= 0.6 is 0 Å². The maximum atomic E-state index is 9.55. The van der Waals surface area contributed by atoms with Gasteiger partial charge in [-0.25, -0.2) is 4.79 Å². The molecule has 0 saturated heterocycles. The molecule has 0 aliphatic rings. The zero-order valence-electron chi connectivity index (χ0n) is 5.81. The van der Waals surface area contributed by atoms with Crippen LogP contribution in [-0.4, -0.2) is 6.47 Å². The minimum Gasteiger partial charge on any atom is -0.426 e. The smallest absolute Gasteiger partial charge is 0.422 e. The fourth-order valence-electron chi connectivity index (χ4n) is 0.524. The van der Waals surface area contributed by atoms with Crippen molar-refractivity contribution in [3.05, 3.63) is 11.8 Å². The molecule has 2 nitrogen and oxygen atoms in total. The van der Waals surface area contributed by atoms with E-state index in [1.165, 1.54) is 12.7 Å². The maximum absolute atomic E-state index is 9.55. The third-order valence-corrected chi connectivity index (χ3v) is 1.18. The van der Waals surface area contributed by atoms with Crippen molar-refractivity contribution in [3.63, 3.8) is 0 Å². The van der Waals surface area contributed by atoms with Gasteiger partial charge in [-0.3, -0.25) is 0 Å². The topological polar surface area (TPSA) is 26.3 Å². The van der Waals surface area contributed by atoms with E-state index in [0.717, 1.165) is 18.4 Å². The highest BCUT2D eigenvalue weighted by molar-refractivity contribution is 5.39. The Morgan fingerprint density at radius 2 is 2.11 bits per heavy atom. The van der Waals surface area contributed by atoms with E-state index < -0.39 is 0 Å². The molecule has 0 aliphatic carbocycles. The molecule has 51 valence electrons. The van der Waals surface area contributed by atoms with E-state index in [0.29, 0.717) is 0 Å². The molecule has 0 unspecified atom stereocenters. The van der Waals surface area contributed by atoms with Crippen LogP contribution in [0.5, 0.6) is 0 Å². The Bertz CT molecular complexity index is 99.5. The Morgan fingerprint density at radius 1 is 1.56 bits per heavy atom. The molecule has 0 aliphatic heterocycles. The molecule has 0 rings (SSSR count). The van der Waals surface area contributed by atoms with Gasteiger partial charge < -0.3 is 4.74 Å². The predicted octanol–water partition coefficient (Wildman–Crippen LogP) is 1.77. The van der Waals surface area contributed by atoms with Crippen molar-refractivity contribution >= 4 is 6.47 Å². The fourth-order valence-corrected chi connectivity index (χ4v) is 0.524. The Labute approximate surface area is 55.5 Å². The van der Waals surface area contributed by atoms with E-state index in [1.54, 1.807) is 0 Å². The predicted molar refractivity (Wildman–Crippen MR) is 35.4 cm³/mol. The summed E-state index contributed by atoms with van der Waals surface area (Å²) in [5.41, 5.74) is 1.12. The van der Waals surface area contributed by atoms with Crippen LogP contribution in [0, 0.1) is 0 Å². The molecule has 2 heteroatoms. The summed E-state index contributed by atoms with van der Waals surface area (Å²) in [6.07, 6.45) is 3.31. The lowest BCUT2D eigenvalue weighted by molar-refractivity contribution is 0.393. The highest BCUT2D eigenvalue weighted by Crippen LogP contribution is 2.03. The third kappa shape index (κ3) is 3.76. The summed E-state index contributed by atoms with van der Waals surface area (Å²) >= 11 is 0. The first-order chi connectivity index (χ1) is 4.35. The Kier molecular flexibility index (Phi) is 4.88. The van der Waals surface area contributed by atoms with Crippen molar-refractivity contribution in [1.29, 1.82) is 0 Å². The molecule has 0 fully saturated rings. The van der Waals surface area contributed by atoms with Crippen LogP contribution in [0.4, 0.5) is 0 Å². The molecule has 0 heterocycles. The number of rotatable bonds is 4. The van der Waals surface area contributed by atoms with Gasteiger partial charge in [0, 0.05) is 0 Å². The monoisotopic (exact) mass is 127 g/mol. The molecule has 0 aromatic carbocycles. The average molecular weight is 127 g/mol. The molecule has 0 saturated carbocycles. The number of hydrogen-bond acceptors (Lipinski definition) is 2. The van der Waals surface area contributed by atoms with Crippen molar-refractivity contribution in [3.8, 4) is 0 Å². The van der Waals surface area contributed by atoms with Crippen molar-refractivity contribution in [1.82, 2.24) is 0 Å². The number of hydrogen-bond donors (Lipinski definition) is 0. The lowest BCUT2D eigenvalue weighted by Gasteiger charge is -1.94. The van der Waals surface area contributed by atoms with E-state index >= 15 is 0 Å². The number of ether oxygens (including phenoxy) is 1. The summed E-state index contributed by atoms with van der Waals surface area (Å²) in [4.78, 5) is 9.55. The Hall–Kier alpha value is -0.790. The second-order valence-electron chi connectivity index (χ2n) is 1.68. The van der Waals surface area contributed by atoms with Crippen LogP contribution in [0.15, 0.2) is 11.8 Å². The molecule has 0 atom stereocenters. The summed E-state index contributed by atoms with van der Waals surface area (Å²) in [7, 11) is 0. The van der Waals surface area contributed by atoms with Gasteiger partial charge in [-0.15, -0.1) is 0 Å². The summed E-state index contributed by atoms with van der Waals surface area (Å²) in [6, 6.07) is 0. The van der Waals surface area contributed by atoms with Crippen molar-refractivity contribution in [2.75, 3.05) is 0 Å². The molecule has 0 N–H and O–H groups in total. The first-order valence-electron chi connectivity index (χ1n) is 3.05. The highest BCUT2D eigenvalue weighted by Gasteiger charge is 1.87. The molecule has 0 aromatic heterocycles. The molecule has 0 amide bonds. The molecule has 0 aromatic rings. The van der Waals surface area contributed by atoms with E-state index in [4.69, 9.17) is 0 Å². The third-order valence-electron chi connectivity index (χ3n) is 1.18. The minimum atomic E-state index is 0.929. The van der Waals surface area contributed by atoms with Crippen LogP contribution in [0.2, 0.25) is 0 Å². The standard InChI is InChI=1S/C7H11O2/c1-3-7(4-2)5-9-6-8/h5H,3-4H2,1-2H3. The second kappa shape index (κ2) is 5.35. The van der Waals surface area contributed by atoms with E-state index in [-0.39, 0.29) is 0 Å². The minimum absolute atomic E-state index is 0.929. The van der Waals surface area contributed by atoms with Gasteiger partial charge in [-0.2, -0.15) is 0 Å². The second-order valence-corrected chi connectivity index (χ2v) is 1.68. The molecular weight excluding hydrogens is 116 g/mol.